The lowest BCUT2D eigenvalue weighted by Gasteiger charge is -2.25. The lowest BCUT2D eigenvalue weighted by atomic mass is 10.1. The first-order valence-electron chi connectivity index (χ1n) is 5.85. The predicted molar refractivity (Wildman–Crippen MR) is 68.8 cm³/mol. The summed E-state index contributed by atoms with van der Waals surface area (Å²) in [5.74, 6) is 0. The van der Waals surface area contributed by atoms with Crippen LogP contribution < -0.4 is 5.32 Å². The average molecular weight is 229 g/mol. The standard InChI is InChI=1S/C13H27NO2/c1-11(2)7-8-16-12(10-15-6)9-14-13(3,4)5/h12,14H,1,7-10H2,2-6H3. The topological polar surface area (TPSA) is 30.5 Å². The molecular formula is C13H27NO2. The van der Waals surface area contributed by atoms with Crippen LogP contribution in [0.15, 0.2) is 12.2 Å². The second-order valence-corrected chi connectivity index (χ2v) is 5.29. The zero-order valence-corrected chi connectivity index (χ0v) is 11.4. The van der Waals surface area contributed by atoms with Crippen molar-refractivity contribution >= 4 is 0 Å². The van der Waals surface area contributed by atoms with E-state index in [1.807, 2.05) is 6.92 Å². The Balaban J connectivity index is 3.83. The molecule has 0 heterocycles. The van der Waals surface area contributed by atoms with Crippen LogP contribution in [0.3, 0.4) is 0 Å². The first-order chi connectivity index (χ1) is 7.35. The number of nitrogens with one attached hydrogen (secondary N) is 1. The molecule has 0 aromatic carbocycles. The molecule has 0 rings (SSSR count). The summed E-state index contributed by atoms with van der Waals surface area (Å²) >= 11 is 0. The van der Waals surface area contributed by atoms with Gasteiger partial charge < -0.3 is 14.8 Å². The van der Waals surface area contributed by atoms with Crippen LogP contribution in [0, 0.1) is 0 Å². The minimum atomic E-state index is 0.114. The van der Waals surface area contributed by atoms with E-state index in [0.29, 0.717) is 6.61 Å². The maximum absolute atomic E-state index is 5.74. The third kappa shape index (κ3) is 10.1. The Morgan fingerprint density at radius 3 is 2.44 bits per heavy atom. The molecule has 0 bridgehead atoms. The third-order valence-corrected chi connectivity index (χ3v) is 2.10. The summed E-state index contributed by atoms with van der Waals surface area (Å²) in [5.41, 5.74) is 1.27. The van der Waals surface area contributed by atoms with Gasteiger partial charge in [-0.1, -0.05) is 5.57 Å². The molecule has 1 unspecified atom stereocenters. The van der Waals surface area contributed by atoms with Crippen molar-refractivity contribution in [3.05, 3.63) is 12.2 Å². The van der Waals surface area contributed by atoms with Gasteiger partial charge in [-0.3, -0.25) is 0 Å². The first kappa shape index (κ1) is 15.6. The van der Waals surface area contributed by atoms with E-state index in [0.717, 1.165) is 25.1 Å². The Morgan fingerprint density at radius 2 is 2.00 bits per heavy atom. The van der Waals surface area contributed by atoms with Gasteiger partial charge in [0.15, 0.2) is 0 Å². The molecule has 1 N–H and O–H groups in total. The molecule has 0 aliphatic rings. The fraction of sp³-hybridized carbons (Fsp3) is 0.846. The molecule has 96 valence electrons. The highest BCUT2D eigenvalue weighted by molar-refractivity contribution is 4.87. The zero-order valence-electron chi connectivity index (χ0n) is 11.4. The van der Waals surface area contributed by atoms with E-state index < -0.39 is 0 Å². The van der Waals surface area contributed by atoms with Gasteiger partial charge in [-0.2, -0.15) is 0 Å². The molecule has 0 aliphatic carbocycles. The van der Waals surface area contributed by atoms with E-state index in [4.69, 9.17) is 9.47 Å². The Kier molecular flexibility index (Phi) is 7.64. The largest absolute Gasteiger partial charge is 0.382 e. The summed E-state index contributed by atoms with van der Waals surface area (Å²) < 4.78 is 10.9. The van der Waals surface area contributed by atoms with E-state index in [1.165, 1.54) is 0 Å². The van der Waals surface area contributed by atoms with E-state index in [2.05, 4.69) is 32.7 Å². The van der Waals surface area contributed by atoms with Crippen molar-refractivity contribution in [2.45, 2.75) is 45.8 Å². The third-order valence-electron chi connectivity index (χ3n) is 2.10. The second-order valence-electron chi connectivity index (χ2n) is 5.29. The average Bonchev–Trinajstić information content (AvgIpc) is 2.12. The van der Waals surface area contributed by atoms with Gasteiger partial charge in [0.1, 0.15) is 0 Å². The number of hydrogen-bond donors (Lipinski definition) is 1. The van der Waals surface area contributed by atoms with Crippen LogP contribution in [0.2, 0.25) is 0 Å². The molecule has 0 spiro atoms. The van der Waals surface area contributed by atoms with Crippen molar-refractivity contribution in [2.24, 2.45) is 0 Å². The molecule has 0 saturated heterocycles. The van der Waals surface area contributed by atoms with Gasteiger partial charge in [-0.05, 0) is 34.1 Å². The normalized spacial score (nSPS) is 13.8. The molecule has 0 radical (unpaired) electrons. The number of hydrogen-bond acceptors (Lipinski definition) is 3. The molecular weight excluding hydrogens is 202 g/mol. The first-order valence-corrected chi connectivity index (χ1v) is 5.85. The van der Waals surface area contributed by atoms with Crippen LogP contribution in [-0.2, 0) is 9.47 Å². The minimum absolute atomic E-state index is 0.114. The summed E-state index contributed by atoms with van der Waals surface area (Å²) in [6.07, 6.45) is 1.03. The van der Waals surface area contributed by atoms with E-state index in [1.54, 1.807) is 7.11 Å². The Hall–Kier alpha value is -0.380. The Bertz CT molecular complexity index is 197. The van der Waals surface area contributed by atoms with Crippen LogP contribution in [-0.4, -0.2) is 38.5 Å². The highest BCUT2D eigenvalue weighted by atomic mass is 16.5. The summed E-state index contributed by atoms with van der Waals surface area (Å²) in [4.78, 5) is 0. The molecule has 0 aliphatic heterocycles. The van der Waals surface area contributed by atoms with Crippen LogP contribution in [0.25, 0.3) is 0 Å². The predicted octanol–water partition coefficient (Wildman–Crippen LogP) is 2.37. The molecule has 0 saturated carbocycles. The fourth-order valence-corrected chi connectivity index (χ4v) is 1.17. The smallest absolute Gasteiger partial charge is 0.0932 e. The molecule has 16 heavy (non-hydrogen) atoms. The van der Waals surface area contributed by atoms with Gasteiger partial charge in [-0.15, -0.1) is 6.58 Å². The van der Waals surface area contributed by atoms with Gasteiger partial charge in [0.25, 0.3) is 0 Å². The fourth-order valence-electron chi connectivity index (χ4n) is 1.17. The van der Waals surface area contributed by atoms with Gasteiger partial charge in [0.05, 0.1) is 19.3 Å². The molecule has 0 aromatic rings. The summed E-state index contributed by atoms with van der Waals surface area (Å²) in [6.45, 7) is 14.5. The van der Waals surface area contributed by atoms with Gasteiger partial charge >= 0.3 is 0 Å². The number of ether oxygens (including phenoxy) is 2. The van der Waals surface area contributed by atoms with Crippen molar-refractivity contribution in [2.75, 3.05) is 26.9 Å². The molecule has 0 fully saturated rings. The van der Waals surface area contributed by atoms with Crippen molar-refractivity contribution in [3.8, 4) is 0 Å². The minimum Gasteiger partial charge on any atom is -0.382 e. The van der Waals surface area contributed by atoms with Crippen LogP contribution in [0.4, 0.5) is 0 Å². The summed E-state index contributed by atoms with van der Waals surface area (Å²) in [5, 5.41) is 3.42. The molecule has 3 nitrogen and oxygen atoms in total. The highest BCUT2D eigenvalue weighted by Gasteiger charge is 2.14. The van der Waals surface area contributed by atoms with Crippen LogP contribution in [0.1, 0.15) is 34.1 Å². The van der Waals surface area contributed by atoms with Crippen molar-refractivity contribution < 1.29 is 9.47 Å². The highest BCUT2D eigenvalue weighted by Crippen LogP contribution is 2.03. The van der Waals surface area contributed by atoms with Crippen molar-refractivity contribution in [3.63, 3.8) is 0 Å². The monoisotopic (exact) mass is 229 g/mol. The van der Waals surface area contributed by atoms with Gasteiger partial charge in [-0.25, -0.2) is 0 Å². The zero-order chi connectivity index (χ0) is 12.6. The van der Waals surface area contributed by atoms with Gasteiger partial charge in [0.2, 0.25) is 0 Å². The second kappa shape index (κ2) is 7.82. The van der Waals surface area contributed by atoms with Crippen molar-refractivity contribution in [1.82, 2.24) is 5.32 Å². The quantitative estimate of drug-likeness (QED) is 0.648. The van der Waals surface area contributed by atoms with E-state index >= 15 is 0 Å². The lowest BCUT2D eigenvalue weighted by Crippen LogP contribution is -2.43. The number of rotatable bonds is 8. The van der Waals surface area contributed by atoms with E-state index in [9.17, 15) is 0 Å². The Morgan fingerprint density at radius 1 is 1.38 bits per heavy atom. The van der Waals surface area contributed by atoms with E-state index in [-0.39, 0.29) is 11.6 Å². The molecule has 0 aromatic heterocycles. The van der Waals surface area contributed by atoms with Crippen molar-refractivity contribution in [1.29, 1.82) is 0 Å². The van der Waals surface area contributed by atoms with Gasteiger partial charge in [0, 0.05) is 19.2 Å². The molecule has 3 heteroatoms. The maximum Gasteiger partial charge on any atom is 0.0932 e. The molecule has 1 atom stereocenters. The molecule has 0 amide bonds. The SMILES string of the molecule is C=C(C)CCOC(CNC(C)(C)C)COC. The summed E-state index contributed by atoms with van der Waals surface area (Å²) in [6, 6.07) is 0. The summed E-state index contributed by atoms with van der Waals surface area (Å²) in [7, 11) is 1.70. The maximum atomic E-state index is 5.74. The van der Waals surface area contributed by atoms with Crippen LogP contribution >= 0.6 is 0 Å². The number of methoxy groups -OCH3 is 1. The Labute approximate surface area is 100 Å². The van der Waals surface area contributed by atoms with Crippen LogP contribution in [0.5, 0.6) is 0 Å². The lowest BCUT2D eigenvalue weighted by molar-refractivity contribution is -0.00241.